The summed E-state index contributed by atoms with van der Waals surface area (Å²) in [4.78, 5) is 38.7. The molecule has 2 fully saturated rings. The standard InChI is InChI=1S/C21H25N3O4/c25-19-5-1-2-10-23(19)14-17-8-9-18(28-17)21(27)24-11-3-4-16(13-24)20(26)22-12-15-6-7-15/h1-2,5,8-10,15-16H,3-4,6-7,11-14H2,(H,22,26)/t16-/m1/s1. The second-order valence-corrected chi connectivity index (χ2v) is 7.71. The number of piperidine rings is 1. The van der Waals surface area contributed by atoms with Gasteiger partial charge >= 0.3 is 0 Å². The van der Waals surface area contributed by atoms with Crippen LogP contribution in [0.5, 0.6) is 0 Å². The van der Waals surface area contributed by atoms with Crippen molar-refractivity contribution in [2.24, 2.45) is 11.8 Å². The van der Waals surface area contributed by atoms with E-state index in [1.807, 2.05) is 0 Å². The number of hydrogen-bond acceptors (Lipinski definition) is 4. The molecule has 0 bridgehead atoms. The summed E-state index contributed by atoms with van der Waals surface area (Å²) in [5, 5.41) is 3.02. The molecule has 1 N–H and O–H groups in total. The highest BCUT2D eigenvalue weighted by Gasteiger charge is 2.31. The summed E-state index contributed by atoms with van der Waals surface area (Å²) in [6.45, 7) is 2.08. The predicted octanol–water partition coefficient (Wildman–Crippen LogP) is 1.87. The van der Waals surface area contributed by atoms with Crippen LogP contribution in [0.4, 0.5) is 0 Å². The van der Waals surface area contributed by atoms with Gasteiger partial charge in [0, 0.05) is 31.9 Å². The summed E-state index contributed by atoms with van der Waals surface area (Å²) in [5.41, 5.74) is -0.122. The lowest BCUT2D eigenvalue weighted by Crippen LogP contribution is -2.45. The molecule has 0 spiro atoms. The molecule has 2 amide bonds. The number of nitrogens with one attached hydrogen (secondary N) is 1. The molecule has 1 aliphatic heterocycles. The molecule has 1 saturated carbocycles. The third kappa shape index (κ3) is 4.35. The Morgan fingerprint density at radius 2 is 2.00 bits per heavy atom. The van der Waals surface area contributed by atoms with Crippen LogP contribution in [0.1, 0.15) is 42.0 Å². The van der Waals surface area contributed by atoms with Gasteiger partial charge in [-0.25, -0.2) is 0 Å². The first-order valence-corrected chi connectivity index (χ1v) is 9.91. The van der Waals surface area contributed by atoms with E-state index < -0.39 is 0 Å². The fourth-order valence-electron chi connectivity index (χ4n) is 3.58. The first-order valence-electron chi connectivity index (χ1n) is 9.91. The van der Waals surface area contributed by atoms with Crippen LogP contribution in [0.3, 0.4) is 0 Å². The largest absolute Gasteiger partial charge is 0.454 e. The van der Waals surface area contributed by atoms with Gasteiger partial charge in [-0.05, 0) is 49.8 Å². The number of aromatic nitrogens is 1. The third-order valence-electron chi connectivity index (χ3n) is 5.44. The van der Waals surface area contributed by atoms with E-state index >= 15 is 0 Å². The monoisotopic (exact) mass is 383 g/mol. The first kappa shape index (κ1) is 18.5. The van der Waals surface area contributed by atoms with E-state index in [1.165, 1.54) is 23.5 Å². The van der Waals surface area contributed by atoms with Gasteiger partial charge in [-0.2, -0.15) is 0 Å². The van der Waals surface area contributed by atoms with Crippen LogP contribution in [0.25, 0.3) is 0 Å². The highest BCUT2D eigenvalue weighted by atomic mass is 16.4. The lowest BCUT2D eigenvalue weighted by Gasteiger charge is -2.31. The van der Waals surface area contributed by atoms with Crippen molar-refractivity contribution in [3.8, 4) is 0 Å². The second-order valence-electron chi connectivity index (χ2n) is 7.71. The van der Waals surface area contributed by atoms with Crippen LogP contribution in [-0.2, 0) is 11.3 Å². The average molecular weight is 383 g/mol. The minimum atomic E-state index is -0.202. The summed E-state index contributed by atoms with van der Waals surface area (Å²) in [6, 6.07) is 8.30. The van der Waals surface area contributed by atoms with Gasteiger partial charge in [0.05, 0.1) is 12.5 Å². The molecule has 1 atom stereocenters. The maximum absolute atomic E-state index is 12.8. The number of carbonyl (C=O) groups excluding carboxylic acids is 2. The second kappa shape index (κ2) is 8.04. The number of pyridine rings is 1. The molecular formula is C21H25N3O4. The Morgan fingerprint density at radius 3 is 2.79 bits per heavy atom. The molecule has 148 valence electrons. The zero-order valence-corrected chi connectivity index (χ0v) is 15.8. The zero-order chi connectivity index (χ0) is 19.5. The molecule has 7 heteroatoms. The number of furan rings is 1. The van der Waals surface area contributed by atoms with E-state index in [-0.39, 0.29) is 35.6 Å². The SMILES string of the molecule is O=C(NCC1CC1)[C@@H]1CCCN(C(=O)c2ccc(Cn3ccccc3=O)o2)C1. The quantitative estimate of drug-likeness (QED) is 0.825. The Kier molecular flexibility index (Phi) is 5.32. The Morgan fingerprint density at radius 1 is 1.14 bits per heavy atom. The minimum Gasteiger partial charge on any atom is -0.454 e. The van der Waals surface area contributed by atoms with Crippen molar-refractivity contribution in [1.29, 1.82) is 0 Å². The third-order valence-corrected chi connectivity index (χ3v) is 5.44. The van der Waals surface area contributed by atoms with Gasteiger partial charge in [-0.3, -0.25) is 14.4 Å². The van der Waals surface area contributed by atoms with Gasteiger partial charge in [-0.15, -0.1) is 0 Å². The topological polar surface area (TPSA) is 84.5 Å². The van der Waals surface area contributed by atoms with Crippen LogP contribution in [0, 0.1) is 11.8 Å². The Hall–Kier alpha value is -2.83. The molecule has 4 rings (SSSR count). The lowest BCUT2D eigenvalue weighted by molar-refractivity contribution is -0.126. The summed E-state index contributed by atoms with van der Waals surface area (Å²) < 4.78 is 7.21. The predicted molar refractivity (Wildman–Crippen MR) is 103 cm³/mol. The van der Waals surface area contributed by atoms with Crippen LogP contribution in [0.15, 0.2) is 45.7 Å². The van der Waals surface area contributed by atoms with Crippen molar-refractivity contribution in [2.75, 3.05) is 19.6 Å². The fraction of sp³-hybridized carbons (Fsp3) is 0.476. The summed E-state index contributed by atoms with van der Waals surface area (Å²) in [6.07, 6.45) is 5.69. The van der Waals surface area contributed by atoms with Gasteiger partial charge in [0.1, 0.15) is 5.76 Å². The fourth-order valence-corrected chi connectivity index (χ4v) is 3.58. The molecule has 2 aromatic heterocycles. The number of rotatable bonds is 6. The number of nitrogens with zero attached hydrogens (tertiary/aromatic N) is 2. The molecule has 1 saturated heterocycles. The normalized spacial score (nSPS) is 19.4. The molecule has 0 unspecified atom stereocenters. The van der Waals surface area contributed by atoms with Gasteiger partial charge in [0.2, 0.25) is 5.91 Å². The molecule has 7 nitrogen and oxygen atoms in total. The highest BCUT2D eigenvalue weighted by Crippen LogP contribution is 2.28. The molecule has 0 radical (unpaired) electrons. The highest BCUT2D eigenvalue weighted by molar-refractivity contribution is 5.92. The van der Waals surface area contributed by atoms with Crippen molar-refractivity contribution < 1.29 is 14.0 Å². The molecule has 2 aliphatic rings. The molecule has 0 aromatic carbocycles. The Labute approximate surface area is 163 Å². The van der Waals surface area contributed by atoms with Gasteiger partial charge in [0.25, 0.3) is 11.5 Å². The van der Waals surface area contributed by atoms with E-state index in [2.05, 4.69) is 5.32 Å². The van der Waals surface area contributed by atoms with Crippen molar-refractivity contribution in [3.63, 3.8) is 0 Å². The van der Waals surface area contributed by atoms with Crippen molar-refractivity contribution >= 4 is 11.8 Å². The van der Waals surface area contributed by atoms with Gasteiger partial charge in [0.15, 0.2) is 5.76 Å². The lowest BCUT2D eigenvalue weighted by atomic mass is 9.97. The van der Waals surface area contributed by atoms with E-state index in [0.717, 1.165) is 19.4 Å². The zero-order valence-electron chi connectivity index (χ0n) is 15.8. The summed E-state index contributed by atoms with van der Waals surface area (Å²) in [5.74, 6) is 1.13. The number of carbonyl (C=O) groups is 2. The number of hydrogen-bond donors (Lipinski definition) is 1. The van der Waals surface area contributed by atoms with E-state index in [0.29, 0.717) is 24.8 Å². The van der Waals surface area contributed by atoms with Crippen molar-refractivity contribution in [2.45, 2.75) is 32.2 Å². The van der Waals surface area contributed by atoms with E-state index in [4.69, 9.17) is 4.42 Å². The number of likely N-dealkylation sites (tertiary alicyclic amines) is 1. The Balaban J connectivity index is 1.37. The molecule has 2 aromatic rings. The summed E-state index contributed by atoms with van der Waals surface area (Å²) in [7, 11) is 0. The van der Waals surface area contributed by atoms with Crippen LogP contribution in [0.2, 0.25) is 0 Å². The van der Waals surface area contributed by atoms with E-state index in [1.54, 1.807) is 35.4 Å². The maximum atomic E-state index is 12.8. The molecular weight excluding hydrogens is 358 g/mol. The van der Waals surface area contributed by atoms with Crippen LogP contribution >= 0.6 is 0 Å². The van der Waals surface area contributed by atoms with Crippen molar-refractivity contribution in [1.82, 2.24) is 14.8 Å². The molecule has 28 heavy (non-hydrogen) atoms. The van der Waals surface area contributed by atoms with Crippen molar-refractivity contribution in [3.05, 3.63) is 58.4 Å². The van der Waals surface area contributed by atoms with Gasteiger partial charge < -0.3 is 19.2 Å². The molecule has 1 aliphatic carbocycles. The van der Waals surface area contributed by atoms with Crippen LogP contribution in [-0.4, -0.2) is 40.9 Å². The molecule has 3 heterocycles. The minimum absolute atomic E-state index is 0.0491. The number of amides is 2. The Bertz CT molecular complexity index is 912. The van der Waals surface area contributed by atoms with E-state index in [9.17, 15) is 14.4 Å². The first-order chi connectivity index (χ1) is 13.6. The maximum Gasteiger partial charge on any atom is 0.289 e. The summed E-state index contributed by atoms with van der Waals surface area (Å²) >= 11 is 0. The smallest absolute Gasteiger partial charge is 0.289 e. The van der Waals surface area contributed by atoms with Crippen LogP contribution < -0.4 is 10.9 Å². The average Bonchev–Trinajstić information content (AvgIpc) is 3.44. The van der Waals surface area contributed by atoms with Gasteiger partial charge in [-0.1, -0.05) is 6.07 Å².